The van der Waals surface area contributed by atoms with Gasteiger partial charge in [0.05, 0.1) is 17.5 Å². The topological polar surface area (TPSA) is 47.3 Å². The lowest BCUT2D eigenvalue weighted by Crippen LogP contribution is -2.18. The molecule has 78 valence electrons. The zero-order valence-corrected chi connectivity index (χ0v) is 9.00. The number of benzene rings is 1. The Morgan fingerprint density at radius 1 is 1.50 bits per heavy atom. The van der Waals surface area contributed by atoms with Gasteiger partial charge >= 0.3 is 0 Å². The van der Waals surface area contributed by atoms with Crippen LogP contribution >= 0.6 is 0 Å². The predicted molar refractivity (Wildman–Crippen MR) is 60.6 cm³/mol. The summed E-state index contributed by atoms with van der Waals surface area (Å²) >= 11 is 0. The number of nitrogens with one attached hydrogen (secondary N) is 1. The molecule has 0 radical (unpaired) electrons. The first-order valence-corrected chi connectivity index (χ1v) is 4.76. The SMILES string of the molecule is COC(C)CNc1cc(C)ccc1N. The molecule has 0 heterocycles. The first-order valence-electron chi connectivity index (χ1n) is 4.76. The van der Waals surface area contributed by atoms with E-state index in [1.54, 1.807) is 7.11 Å². The molecule has 14 heavy (non-hydrogen) atoms. The Morgan fingerprint density at radius 2 is 2.21 bits per heavy atom. The van der Waals surface area contributed by atoms with Crippen LogP contribution < -0.4 is 11.1 Å². The highest BCUT2D eigenvalue weighted by Gasteiger charge is 2.01. The molecule has 0 saturated carbocycles. The lowest BCUT2D eigenvalue weighted by Gasteiger charge is -2.13. The third kappa shape index (κ3) is 2.92. The molecule has 0 spiro atoms. The number of nitrogens with two attached hydrogens (primary N) is 1. The molecule has 0 bridgehead atoms. The van der Waals surface area contributed by atoms with Gasteiger partial charge in [0, 0.05) is 13.7 Å². The number of methoxy groups -OCH3 is 1. The lowest BCUT2D eigenvalue weighted by molar-refractivity contribution is 0.129. The van der Waals surface area contributed by atoms with Crippen molar-refractivity contribution in [2.45, 2.75) is 20.0 Å². The molecule has 0 amide bonds. The summed E-state index contributed by atoms with van der Waals surface area (Å²) in [5.41, 5.74) is 8.77. The van der Waals surface area contributed by atoms with Crippen molar-refractivity contribution in [3.63, 3.8) is 0 Å². The summed E-state index contributed by atoms with van der Waals surface area (Å²) in [4.78, 5) is 0. The van der Waals surface area contributed by atoms with E-state index in [2.05, 4.69) is 5.32 Å². The van der Waals surface area contributed by atoms with Gasteiger partial charge in [-0.2, -0.15) is 0 Å². The Balaban J connectivity index is 2.62. The maximum absolute atomic E-state index is 5.81. The molecule has 1 aromatic carbocycles. The van der Waals surface area contributed by atoms with Crippen molar-refractivity contribution in [2.75, 3.05) is 24.7 Å². The third-order valence-electron chi connectivity index (χ3n) is 2.19. The molecule has 0 fully saturated rings. The van der Waals surface area contributed by atoms with Crippen LogP contribution in [0.5, 0.6) is 0 Å². The van der Waals surface area contributed by atoms with Crippen molar-refractivity contribution in [1.29, 1.82) is 0 Å². The van der Waals surface area contributed by atoms with Crippen LogP contribution in [0.25, 0.3) is 0 Å². The first kappa shape index (κ1) is 10.9. The first-order chi connectivity index (χ1) is 6.63. The van der Waals surface area contributed by atoms with Gasteiger partial charge in [-0.05, 0) is 31.5 Å². The molecule has 0 saturated heterocycles. The zero-order chi connectivity index (χ0) is 10.6. The van der Waals surface area contributed by atoms with E-state index in [0.717, 1.165) is 17.9 Å². The fourth-order valence-corrected chi connectivity index (χ4v) is 1.16. The van der Waals surface area contributed by atoms with E-state index in [1.807, 2.05) is 32.0 Å². The summed E-state index contributed by atoms with van der Waals surface area (Å²) in [6.07, 6.45) is 0.190. The van der Waals surface area contributed by atoms with E-state index in [1.165, 1.54) is 5.56 Å². The van der Waals surface area contributed by atoms with Crippen molar-refractivity contribution in [3.8, 4) is 0 Å². The summed E-state index contributed by atoms with van der Waals surface area (Å²) in [6.45, 7) is 4.83. The molecular weight excluding hydrogens is 176 g/mol. The summed E-state index contributed by atoms with van der Waals surface area (Å²) in [5.74, 6) is 0. The Kier molecular flexibility index (Phi) is 3.77. The Bertz CT molecular complexity index is 299. The van der Waals surface area contributed by atoms with Gasteiger partial charge in [0.2, 0.25) is 0 Å². The van der Waals surface area contributed by atoms with Crippen LogP contribution in [-0.4, -0.2) is 19.8 Å². The molecule has 3 nitrogen and oxygen atoms in total. The standard InChI is InChI=1S/C11H18N2O/c1-8-4-5-10(12)11(6-8)13-7-9(2)14-3/h4-6,9,13H,7,12H2,1-3H3. The summed E-state index contributed by atoms with van der Waals surface area (Å²) < 4.78 is 5.14. The van der Waals surface area contributed by atoms with Crippen molar-refractivity contribution in [2.24, 2.45) is 0 Å². The van der Waals surface area contributed by atoms with E-state index in [4.69, 9.17) is 10.5 Å². The normalized spacial score (nSPS) is 12.5. The summed E-state index contributed by atoms with van der Waals surface area (Å²) in [6, 6.07) is 5.95. The molecule has 1 aromatic rings. The van der Waals surface area contributed by atoms with E-state index in [0.29, 0.717) is 0 Å². The fraction of sp³-hybridized carbons (Fsp3) is 0.455. The number of anilines is 2. The molecule has 0 aromatic heterocycles. The van der Waals surface area contributed by atoms with Gasteiger partial charge in [-0.3, -0.25) is 0 Å². The maximum atomic E-state index is 5.81. The number of rotatable bonds is 4. The molecule has 0 aliphatic carbocycles. The fourth-order valence-electron chi connectivity index (χ4n) is 1.16. The van der Waals surface area contributed by atoms with Gasteiger partial charge in [-0.25, -0.2) is 0 Å². The molecule has 1 unspecified atom stereocenters. The minimum Gasteiger partial charge on any atom is -0.397 e. The van der Waals surface area contributed by atoms with Gasteiger partial charge in [0.15, 0.2) is 0 Å². The molecule has 3 heteroatoms. The quantitative estimate of drug-likeness (QED) is 0.721. The van der Waals surface area contributed by atoms with Gasteiger partial charge < -0.3 is 15.8 Å². The molecule has 3 N–H and O–H groups in total. The highest BCUT2D eigenvalue weighted by atomic mass is 16.5. The second kappa shape index (κ2) is 4.86. The van der Waals surface area contributed by atoms with Crippen LogP contribution in [0.4, 0.5) is 11.4 Å². The Labute approximate surface area is 85.3 Å². The van der Waals surface area contributed by atoms with Gasteiger partial charge in [-0.1, -0.05) is 6.07 Å². The number of hydrogen-bond donors (Lipinski definition) is 2. The molecular formula is C11H18N2O. The maximum Gasteiger partial charge on any atom is 0.0715 e. The molecule has 1 atom stereocenters. The monoisotopic (exact) mass is 194 g/mol. The van der Waals surface area contributed by atoms with Crippen LogP contribution in [0.2, 0.25) is 0 Å². The largest absolute Gasteiger partial charge is 0.397 e. The van der Waals surface area contributed by atoms with E-state index < -0.39 is 0 Å². The minimum absolute atomic E-state index is 0.190. The number of ether oxygens (including phenoxy) is 1. The van der Waals surface area contributed by atoms with Gasteiger partial charge in [0.1, 0.15) is 0 Å². The number of aryl methyl sites for hydroxylation is 1. The van der Waals surface area contributed by atoms with Crippen molar-refractivity contribution in [3.05, 3.63) is 23.8 Å². The highest BCUT2D eigenvalue weighted by molar-refractivity contribution is 5.66. The Hall–Kier alpha value is -1.22. The van der Waals surface area contributed by atoms with Crippen LogP contribution in [0.3, 0.4) is 0 Å². The zero-order valence-electron chi connectivity index (χ0n) is 9.00. The highest BCUT2D eigenvalue weighted by Crippen LogP contribution is 2.19. The van der Waals surface area contributed by atoms with Crippen LogP contribution in [0.1, 0.15) is 12.5 Å². The smallest absolute Gasteiger partial charge is 0.0715 e. The average molecular weight is 194 g/mol. The molecule has 0 aliphatic rings. The van der Waals surface area contributed by atoms with Crippen molar-refractivity contribution in [1.82, 2.24) is 0 Å². The summed E-state index contributed by atoms with van der Waals surface area (Å²) in [7, 11) is 1.70. The summed E-state index contributed by atoms with van der Waals surface area (Å²) in [5, 5.41) is 3.25. The number of hydrogen-bond acceptors (Lipinski definition) is 3. The second-order valence-electron chi connectivity index (χ2n) is 3.52. The molecule has 0 aliphatic heterocycles. The van der Waals surface area contributed by atoms with Crippen molar-refractivity contribution >= 4 is 11.4 Å². The van der Waals surface area contributed by atoms with Crippen LogP contribution in [0, 0.1) is 6.92 Å². The van der Waals surface area contributed by atoms with Gasteiger partial charge in [-0.15, -0.1) is 0 Å². The number of nitrogen functional groups attached to an aromatic ring is 1. The third-order valence-corrected chi connectivity index (χ3v) is 2.19. The van der Waals surface area contributed by atoms with E-state index in [-0.39, 0.29) is 6.10 Å². The van der Waals surface area contributed by atoms with Crippen LogP contribution in [-0.2, 0) is 4.74 Å². The van der Waals surface area contributed by atoms with Gasteiger partial charge in [0.25, 0.3) is 0 Å². The Morgan fingerprint density at radius 3 is 2.86 bits per heavy atom. The van der Waals surface area contributed by atoms with E-state index in [9.17, 15) is 0 Å². The molecule has 1 rings (SSSR count). The average Bonchev–Trinajstić information content (AvgIpc) is 2.19. The van der Waals surface area contributed by atoms with E-state index >= 15 is 0 Å². The predicted octanol–water partition coefficient (Wildman–Crippen LogP) is 2.02. The van der Waals surface area contributed by atoms with Crippen molar-refractivity contribution < 1.29 is 4.74 Å². The minimum atomic E-state index is 0.190. The van der Waals surface area contributed by atoms with Crippen LogP contribution in [0.15, 0.2) is 18.2 Å². The lowest BCUT2D eigenvalue weighted by atomic mass is 10.2. The second-order valence-corrected chi connectivity index (χ2v) is 3.52.